The molecule has 25 heavy (non-hydrogen) atoms. The second-order valence-corrected chi connectivity index (χ2v) is 6.51. The normalized spacial score (nSPS) is 21.7. The summed E-state index contributed by atoms with van der Waals surface area (Å²) in [6.07, 6.45) is 2.24. The van der Waals surface area contributed by atoms with Crippen LogP contribution in [0.3, 0.4) is 0 Å². The third-order valence-electron chi connectivity index (χ3n) is 4.99. The Bertz CT molecular complexity index is 751. The topological polar surface area (TPSA) is 55.6 Å². The second kappa shape index (κ2) is 7.56. The number of benzene rings is 2. The number of carbonyl (C=O) groups is 1. The Kier molecular flexibility index (Phi) is 5.42. The predicted octanol–water partition coefficient (Wildman–Crippen LogP) is 3.17. The Hall–Kier alpha value is -1.88. The van der Waals surface area contributed by atoms with E-state index < -0.39 is 0 Å². The SMILES string of the molecule is Cl.NC[C@H]1CC[C@@H](C(=O)N2CCc3cc(-c4ccccc4)ccc32)O1. The van der Waals surface area contributed by atoms with Gasteiger partial charge in [-0.15, -0.1) is 12.4 Å². The molecule has 1 amide bonds. The van der Waals surface area contributed by atoms with E-state index in [2.05, 4.69) is 30.3 Å². The van der Waals surface area contributed by atoms with Gasteiger partial charge in [-0.25, -0.2) is 0 Å². The van der Waals surface area contributed by atoms with Crippen molar-refractivity contribution in [1.82, 2.24) is 0 Å². The smallest absolute Gasteiger partial charge is 0.256 e. The average molecular weight is 359 g/mol. The highest BCUT2D eigenvalue weighted by Gasteiger charge is 2.35. The first-order chi connectivity index (χ1) is 11.8. The summed E-state index contributed by atoms with van der Waals surface area (Å²) in [5.74, 6) is 0.0807. The number of anilines is 1. The fourth-order valence-corrected chi connectivity index (χ4v) is 3.68. The highest BCUT2D eigenvalue weighted by atomic mass is 35.5. The van der Waals surface area contributed by atoms with Gasteiger partial charge in [0.1, 0.15) is 6.10 Å². The number of nitrogens with two attached hydrogens (primary N) is 1. The fraction of sp³-hybridized carbons (Fsp3) is 0.350. The van der Waals surface area contributed by atoms with Crippen LogP contribution in [-0.4, -0.2) is 31.2 Å². The zero-order chi connectivity index (χ0) is 16.5. The molecule has 2 aromatic carbocycles. The van der Waals surface area contributed by atoms with Crippen molar-refractivity contribution in [2.45, 2.75) is 31.5 Å². The molecule has 0 bridgehead atoms. The minimum absolute atomic E-state index is 0. The molecule has 0 aromatic heterocycles. The molecule has 2 aromatic rings. The van der Waals surface area contributed by atoms with Gasteiger partial charge in [-0.1, -0.05) is 36.4 Å². The van der Waals surface area contributed by atoms with Gasteiger partial charge in [-0.2, -0.15) is 0 Å². The number of hydrogen-bond donors (Lipinski definition) is 1. The van der Waals surface area contributed by atoms with Crippen molar-refractivity contribution in [3.63, 3.8) is 0 Å². The highest BCUT2D eigenvalue weighted by Crippen LogP contribution is 2.34. The standard InChI is InChI=1S/C20H22N2O2.ClH/c21-13-17-7-9-19(24-17)20(23)22-11-10-16-12-15(6-8-18(16)22)14-4-2-1-3-5-14;/h1-6,8,12,17,19H,7,9-11,13,21H2;1H/t17-,19+;/m1./s1. The second-order valence-electron chi connectivity index (χ2n) is 6.51. The molecule has 1 fully saturated rings. The van der Waals surface area contributed by atoms with Crippen LogP contribution in [0.2, 0.25) is 0 Å². The molecule has 5 heteroatoms. The minimum atomic E-state index is -0.335. The molecule has 2 N–H and O–H groups in total. The van der Waals surface area contributed by atoms with Crippen LogP contribution in [0.15, 0.2) is 48.5 Å². The van der Waals surface area contributed by atoms with Crippen LogP contribution in [0.5, 0.6) is 0 Å². The van der Waals surface area contributed by atoms with Gasteiger partial charge in [0.2, 0.25) is 0 Å². The molecular formula is C20H23ClN2O2. The monoisotopic (exact) mass is 358 g/mol. The third kappa shape index (κ3) is 3.43. The first-order valence-corrected chi connectivity index (χ1v) is 8.61. The molecule has 0 radical (unpaired) electrons. The van der Waals surface area contributed by atoms with Crippen LogP contribution in [0.25, 0.3) is 11.1 Å². The van der Waals surface area contributed by atoms with E-state index in [1.54, 1.807) is 0 Å². The largest absolute Gasteiger partial charge is 0.364 e. The van der Waals surface area contributed by atoms with Crippen LogP contribution in [0.4, 0.5) is 5.69 Å². The van der Waals surface area contributed by atoms with Crippen molar-refractivity contribution < 1.29 is 9.53 Å². The molecule has 0 saturated carbocycles. The highest BCUT2D eigenvalue weighted by molar-refractivity contribution is 5.99. The first kappa shape index (κ1) is 17.9. The van der Waals surface area contributed by atoms with E-state index in [9.17, 15) is 4.79 Å². The van der Waals surface area contributed by atoms with Gasteiger partial charge in [0, 0.05) is 18.8 Å². The molecular weight excluding hydrogens is 336 g/mol. The van der Waals surface area contributed by atoms with E-state index in [0.717, 1.165) is 31.5 Å². The van der Waals surface area contributed by atoms with Crippen LogP contribution >= 0.6 is 12.4 Å². The molecule has 4 rings (SSSR count). The van der Waals surface area contributed by atoms with Crippen molar-refractivity contribution >= 4 is 24.0 Å². The van der Waals surface area contributed by atoms with Crippen LogP contribution in [0.1, 0.15) is 18.4 Å². The molecule has 4 nitrogen and oxygen atoms in total. The first-order valence-electron chi connectivity index (χ1n) is 8.61. The number of hydrogen-bond acceptors (Lipinski definition) is 3. The zero-order valence-electron chi connectivity index (χ0n) is 14.1. The molecule has 0 unspecified atom stereocenters. The van der Waals surface area contributed by atoms with Gasteiger partial charge < -0.3 is 15.4 Å². The van der Waals surface area contributed by atoms with Crippen LogP contribution in [0, 0.1) is 0 Å². The van der Waals surface area contributed by atoms with Crippen molar-refractivity contribution in [1.29, 1.82) is 0 Å². The van der Waals surface area contributed by atoms with Gasteiger partial charge in [0.05, 0.1) is 6.10 Å². The molecule has 0 spiro atoms. The molecule has 0 aliphatic carbocycles. The molecule has 1 saturated heterocycles. The van der Waals surface area contributed by atoms with Crippen molar-refractivity contribution in [2.24, 2.45) is 5.73 Å². The summed E-state index contributed by atoms with van der Waals surface area (Å²) in [6, 6.07) is 16.7. The summed E-state index contributed by atoms with van der Waals surface area (Å²) >= 11 is 0. The quantitative estimate of drug-likeness (QED) is 0.916. The maximum atomic E-state index is 12.8. The van der Waals surface area contributed by atoms with Crippen LogP contribution < -0.4 is 10.6 Å². The number of halogens is 1. The van der Waals surface area contributed by atoms with Crippen LogP contribution in [-0.2, 0) is 16.0 Å². The van der Waals surface area contributed by atoms with E-state index in [4.69, 9.17) is 10.5 Å². The van der Waals surface area contributed by atoms with Gasteiger partial charge in [-0.3, -0.25) is 4.79 Å². The van der Waals surface area contributed by atoms with E-state index in [1.165, 1.54) is 16.7 Å². The lowest BCUT2D eigenvalue weighted by molar-refractivity contribution is -0.129. The van der Waals surface area contributed by atoms with Gasteiger partial charge in [-0.05, 0) is 48.1 Å². The predicted molar refractivity (Wildman–Crippen MR) is 102 cm³/mol. The average Bonchev–Trinajstić information content (AvgIpc) is 3.28. The summed E-state index contributed by atoms with van der Waals surface area (Å²) in [4.78, 5) is 14.7. The Labute approximate surface area is 154 Å². The maximum absolute atomic E-state index is 12.8. The number of fused-ring (bicyclic) bond motifs is 1. The Balaban J connectivity index is 0.00000182. The van der Waals surface area contributed by atoms with Crippen molar-refractivity contribution in [3.05, 3.63) is 54.1 Å². The number of carbonyl (C=O) groups excluding carboxylic acids is 1. The number of amides is 1. The summed E-state index contributed by atoms with van der Waals surface area (Å²) < 4.78 is 5.78. The lowest BCUT2D eigenvalue weighted by Crippen LogP contribution is -2.38. The van der Waals surface area contributed by atoms with Gasteiger partial charge in [0.25, 0.3) is 5.91 Å². The van der Waals surface area contributed by atoms with E-state index >= 15 is 0 Å². The number of rotatable bonds is 3. The maximum Gasteiger partial charge on any atom is 0.256 e. The van der Waals surface area contributed by atoms with Crippen molar-refractivity contribution in [3.8, 4) is 11.1 Å². The summed E-state index contributed by atoms with van der Waals surface area (Å²) in [5, 5.41) is 0. The minimum Gasteiger partial charge on any atom is -0.364 e. The Morgan fingerprint density at radius 3 is 2.64 bits per heavy atom. The molecule has 132 valence electrons. The summed E-state index contributed by atoms with van der Waals surface area (Å²) in [7, 11) is 0. The summed E-state index contributed by atoms with van der Waals surface area (Å²) in [6.45, 7) is 1.22. The molecule has 2 heterocycles. The molecule has 2 atom stereocenters. The summed E-state index contributed by atoms with van der Waals surface area (Å²) in [5.41, 5.74) is 10.3. The number of ether oxygens (including phenoxy) is 1. The zero-order valence-corrected chi connectivity index (χ0v) is 14.9. The molecule has 2 aliphatic rings. The lowest BCUT2D eigenvalue weighted by atomic mass is 10.0. The number of nitrogens with zero attached hydrogens (tertiary/aromatic N) is 1. The van der Waals surface area contributed by atoms with E-state index in [1.807, 2.05) is 23.1 Å². The van der Waals surface area contributed by atoms with E-state index in [0.29, 0.717) is 6.54 Å². The lowest BCUT2D eigenvalue weighted by Gasteiger charge is -2.21. The van der Waals surface area contributed by atoms with Crippen molar-refractivity contribution in [2.75, 3.05) is 18.0 Å². The molecule has 2 aliphatic heterocycles. The van der Waals surface area contributed by atoms with Gasteiger partial charge >= 0.3 is 0 Å². The fourth-order valence-electron chi connectivity index (χ4n) is 3.68. The third-order valence-corrected chi connectivity index (χ3v) is 4.99. The van der Waals surface area contributed by atoms with Gasteiger partial charge in [0.15, 0.2) is 0 Å². The Morgan fingerprint density at radius 1 is 1.12 bits per heavy atom. The Morgan fingerprint density at radius 2 is 1.92 bits per heavy atom. The van der Waals surface area contributed by atoms with E-state index in [-0.39, 0.29) is 30.5 Å².